The number of rotatable bonds is 6. The average molecular weight is 248 g/mol. The van der Waals surface area contributed by atoms with Gasteiger partial charge in [0.25, 0.3) is 0 Å². The Bertz CT molecular complexity index is 414. The van der Waals surface area contributed by atoms with Gasteiger partial charge in [0, 0.05) is 12.1 Å². The highest BCUT2D eigenvalue weighted by Gasteiger charge is 2.22. The lowest BCUT2D eigenvalue weighted by Crippen LogP contribution is -2.26. The summed E-state index contributed by atoms with van der Waals surface area (Å²) in [5.74, 6) is 0.838. The number of carbonyl (C=O) groups is 1. The van der Waals surface area contributed by atoms with Gasteiger partial charge < -0.3 is 15.8 Å². The highest BCUT2D eigenvalue weighted by atomic mass is 16.5. The molecule has 1 aliphatic rings. The second kappa shape index (κ2) is 5.87. The summed E-state index contributed by atoms with van der Waals surface area (Å²) < 4.78 is 5.55. The number of benzene rings is 1. The van der Waals surface area contributed by atoms with Gasteiger partial charge in [0.15, 0.2) is 0 Å². The molecule has 0 aliphatic heterocycles. The molecule has 98 valence electrons. The Balaban J connectivity index is 1.75. The zero-order chi connectivity index (χ0) is 13.0. The average Bonchev–Trinajstić information content (AvgIpc) is 3.13. The van der Waals surface area contributed by atoms with Gasteiger partial charge in [0.05, 0.1) is 13.0 Å². The second-order valence-electron chi connectivity index (χ2n) is 4.80. The SMILES string of the molecule is CC(N)c1cccc(OCCC(=O)NC2CC2)c1. The van der Waals surface area contributed by atoms with Crippen molar-refractivity contribution < 1.29 is 9.53 Å². The molecule has 1 amide bonds. The molecule has 0 radical (unpaired) electrons. The summed E-state index contributed by atoms with van der Waals surface area (Å²) >= 11 is 0. The summed E-state index contributed by atoms with van der Waals surface area (Å²) in [6.45, 7) is 2.34. The largest absolute Gasteiger partial charge is 0.493 e. The van der Waals surface area contributed by atoms with Crippen LogP contribution in [0.1, 0.15) is 37.8 Å². The van der Waals surface area contributed by atoms with Gasteiger partial charge in [-0.2, -0.15) is 0 Å². The highest BCUT2D eigenvalue weighted by Crippen LogP contribution is 2.19. The number of nitrogens with two attached hydrogens (primary N) is 1. The standard InChI is InChI=1S/C14H20N2O2/c1-10(15)11-3-2-4-13(9-11)18-8-7-14(17)16-12-5-6-12/h2-4,9-10,12H,5-8,15H2,1H3,(H,16,17). The maximum absolute atomic E-state index is 11.4. The van der Waals surface area contributed by atoms with Crippen LogP contribution >= 0.6 is 0 Å². The van der Waals surface area contributed by atoms with Crippen LogP contribution in [-0.2, 0) is 4.79 Å². The molecule has 1 aromatic rings. The fraction of sp³-hybridized carbons (Fsp3) is 0.500. The van der Waals surface area contributed by atoms with Crippen molar-refractivity contribution in [3.05, 3.63) is 29.8 Å². The molecule has 3 N–H and O–H groups in total. The van der Waals surface area contributed by atoms with Crippen molar-refractivity contribution in [1.29, 1.82) is 0 Å². The van der Waals surface area contributed by atoms with E-state index in [1.165, 1.54) is 0 Å². The quantitative estimate of drug-likeness (QED) is 0.806. The van der Waals surface area contributed by atoms with Gasteiger partial charge in [-0.1, -0.05) is 12.1 Å². The first kappa shape index (κ1) is 12.9. The lowest BCUT2D eigenvalue weighted by Gasteiger charge is -2.10. The molecule has 1 unspecified atom stereocenters. The summed E-state index contributed by atoms with van der Waals surface area (Å²) in [6.07, 6.45) is 2.63. The molecule has 18 heavy (non-hydrogen) atoms. The predicted molar refractivity (Wildman–Crippen MR) is 70.3 cm³/mol. The fourth-order valence-electron chi connectivity index (χ4n) is 1.68. The van der Waals surface area contributed by atoms with Crippen molar-refractivity contribution >= 4 is 5.91 Å². The monoisotopic (exact) mass is 248 g/mol. The van der Waals surface area contributed by atoms with Crippen molar-refractivity contribution in [2.45, 2.75) is 38.3 Å². The lowest BCUT2D eigenvalue weighted by molar-refractivity contribution is -0.121. The Kier molecular flexibility index (Phi) is 4.20. The number of amides is 1. The van der Waals surface area contributed by atoms with Gasteiger partial charge >= 0.3 is 0 Å². The first-order valence-corrected chi connectivity index (χ1v) is 6.43. The minimum Gasteiger partial charge on any atom is -0.493 e. The van der Waals surface area contributed by atoms with Gasteiger partial charge in [-0.05, 0) is 37.5 Å². The molecule has 1 aliphatic carbocycles. The first-order chi connectivity index (χ1) is 8.65. The van der Waals surface area contributed by atoms with Crippen LogP contribution < -0.4 is 15.8 Å². The molecule has 0 spiro atoms. The van der Waals surface area contributed by atoms with E-state index in [0.29, 0.717) is 19.1 Å². The summed E-state index contributed by atoms with van der Waals surface area (Å²) in [5.41, 5.74) is 6.84. The van der Waals surface area contributed by atoms with Gasteiger partial charge in [0.2, 0.25) is 5.91 Å². The van der Waals surface area contributed by atoms with Crippen LogP contribution in [0.25, 0.3) is 0 Å². The van der Waals surface area contributed by atoms with Crippen LogP contribution in [-0.4, -0.2) is 18.6 Å². The zero-order valence-electron chi connectivity index (χ0n) is 10.7. The van der Waals surface area contributed by atoms with Crippen molar-refractivity contribution in [2.24, 2.45) is 5.73 Å². The Morgan fingerprint density at radius 3 is 3.00 bits per heavy atom. The van der Waals surface area contributed by atoms with E-state index in [1.54, 1.807) is 0 Å². The zero-order valence-corrected chi connectivity index (χ0v) is 10.7. The van der Waals surface area contributed by atoms with Gasteiger partial charge in [-0.25, -0.2) is 0 Å². The van der Waals surface area contributed by atoms with Crippen molar-refractivity contribution in [2.75, 3.05) is 6.61 Å². The maximum atomic E-state index is 11.4. The molecule has 1 fully saturated rings. The maximum Gasteiger partial charge on any atom is 0.223 e. The summed E-state index contributed by atoms with van der Waals surface area (Å²) in [4.78, 5) is 11.4. The third-order valence-electron chi connectivity index (χ3n) is 2.92. The van der Waals surface area contributed by atoms with E-state index in [2.05, 4.69) is 5.32 Å². The van der Waals surface area contributed by atoms with Gasteiger partial charge in [-0.15, -0.1) is 0 Å². The van der Waals surface area contributed by atoms with E-state index >= 15 is 0 Å². The van der Waals surface area contributed by atoms with Crippen LogP contribution in [0.15, 0.2) is 24.3 Å². The topological polar surface area (TPSA) is 64.3 Å². The molecule has 2 rings (SSSR count). The Morgan fingerprint density at radius 1 is 1.56 bits per heavy atom. The van der Waals surface area contributed by atoms with E-state index in [9.17, 15) is 4.79 Å². The van der Waals surface area contributed by atoms with Gasteiger partial charge in [0.1, 0.15) is 5.75 Å². The molecule has 1 saturated carbocycles. The smallest absolute Gasteiger partial charge is 0.223 e. The third kappa shape index (κ3) is 4.04. The number of hydrogen-bond donors (Lipinski definition) is 2. The molecule has 0 heterocycles. The minimum atomic E-state index is -0.00767. The molecule has 4 heteroatoms. The normalized spacial score (nSPS) is 16.1. The number of carbonyl (C=O) groups excluding carboxylic acids is 1. The third-order valence-corrected chi connectivity index (χ3v) is 2.92. The van der Waals surface area contributed by atoms with Crippen molar-refractivity contribution in [1.82, 2.24) is 5.32 Å². The van der Waals surface area contributed by atoms with E-state index in [4.69, 9.17) is 10.5 Å². The van der Waals surface area contributed by atoms with Crippen LogP contribution in [0.2, 0.25) is 0 Å². The lowest BCUT2D eigenvalue weighted by atomic mass is 10.1. The number of ether oxygens (including phenoxy) is 1. The van der Waals surface area contributed by atoms with E-state index in [0.717, 1.165) is 24.2 Å². The number of hydrogen-bond acceptors (Lipinski definition) is 3. The molecule has 0 bridgehead atoms. The summed E-state index contributed by atoms with van der Waals surface area (Å²) in [5, 5.41) is 2.93. The molecular weight excluding hydrogens is 228 g/mol. The molecule has 1 aromatic carbocycles. The van der Waals surface area contributed by atoms with Crippen molar-refractivity contribution in [3.8, 4) is 5.75 Å². The Labute approximate surface area is 108 Å². The molecule has 0 saturated heterocycles. The Morgan fingerprint density at radius 2 is 2.33 bits per heavy atom. The fourth-order valence-corrected chi connectivity index (χ4v) is 1.68. The molecule has 4 nitrogen and oxygen atoms in total. The van der Waals surface area contributed by atoms with E-state index in [1.807, 2.05) is 31.2 Å². The molecule has 0 aromatic heterocycles. The number of nitrogens with one attached hydrogen (secondary N) is 1. The van der Waals surface area contributed by atoms with E-state index in [-0.39, 0.29) is 11.9 Å². The minimum absolute atomic E-state index is 0.00767. The van der Waals surface area contributed by atoms with Crippen molar-refractivity contribution in [3.63, 3.8) is 0 Å². The van der Waals surface area contributed by atoms with Crippen LogP contribution in [0, 0.1) is 0 Å². The molecular formula is C14H20N2O2. The second-order valence-corrected chi connectivity index (χ2v) is 4.80. The van der Waals surface area contributed by atoms with Crippen LogP contribution in [0.4, 0.5) is 0 Å². The van der Waals surface area contributed by atoms with E-state index < -0.39 is 0 Å². The van der Waals surface area contributed by atoms with Gasteiger partial charge in [-0.3, -0.25) is 4.79 Å². The van der Waals surface area contributed by atoms with Crippen LogP contribution in [0.5, 0.6) is 5.75 Å². The highest BCUT2D eigenvalue weighted by molar-refractivity contribution is 5.76. The summed E-state index contributed by atoms with van der Waals surface area (Å²) in [6, 6.07) is 8.09. The Hall–Kier alpha value is -1.55. The first-order valence-electron chi connectivity index (χ1n) is 6.43. The predicted octanol–water partition coefficient (Wildman–Crippen LogP) is 1.75. The van der Waals surface area contributed by atoms with Crippen LogP contribution in [0.3, 0.4) is 0 Å². The summed E-state index contributed by atoms with van der Waals surface area (Å²) in [7, 11) is 0. The molecule has 1 atom stereocenters.